The molecule has 0 fully saturated rings. The van der Waals surface area contributed by atoms with Crippen molar-refractivity contribution < 1.29 is 19.0 Å². The van der Waals surface area contributed by atoms with E-state index in [4.69, 9.17) is 14.2 Å². The summed E-state index contributed by atoms with van der Waals surface area (Å²) < 4.78 is 18.5. The number of methoxy groups -OCH3 is 1. The van der Waals surface area contributed by atoms with E-state index < -0.39 is 6.10 Å². The smallest absolute Gasteiger partial charge is 0.284 e. The lowest BCUT2D eigenvalue weighted by molar-refractivity contribution is -0.130. The van der Waals surface area contributed by atoms with Gasteiger partial charge < -0.3 is 18.8 Å². The van der Waals surface area contributed by atoms with Gasteiger partial charge in [-0.1, -0.05) is 12.1 Å². The Bertz CT molecular complexity index is 813. The van der Waals surface area contributed by atoms with E-state index in [-0.39, 0.29) is 12.5 Å². The van der Waals surface area contributed by atoms with E-state index in [0.717, 1.165) is 23.5 Å². The first kappa shape index (κ1) is 18.0. The van der Waals surface area contributed by atoms with Gasteiger partial charge in [0.1, 0.15) is 6.61 Å². The lowest BCUT2D eigenvalue weighted by Crippen LogP contribution is -2.42. The Morgan fingerprint density at radius 1 is 1.38 bits per heavy atom. The molecule has 0 saturated heterocycles. The molecule has 0 bridgehead atoms. The Morgan fingerprint density at radius 3 is 2.92 bits per heavy atom. The largest absolute Gasteiger partial charge is 0.485 e. The second-order valence-corrected chi connectivity index (χ2v) is 6.07. The molecule has 1 N–H and O–H groups in total. The lowest BCUT2D eigenvalue weighted by atomic mass is 10.2. The van der Waals surface area contributed by atoms with Crippen LogP contribution in [-0.4, -0.2) is 43.1 Å². The maximum Gasteiger partial charge on any atom is 0.284 e. The number of aromatic nitrogens is 1. The molecule has 1 unspecified atom stereocenters. The van der Waals surface area contributed by atoms with Gasteiger partial charge in [-0.3, -0.25) is 4.79 Å². The zero-order valence-corrected chi connectivity index (χ0v) is 15.2. The second-order valence-electron chi connectivity index (χ2n) is 6.07. The van der Waals surface area contributed by atoms with Crippen LogP contribution in [0.4, 0.5) is 0 Å². The molecule has 3 rings (SSSR count). The average molecular weight is 357 g/mol. The zero-order chi connectivity index (χ0) is 18.5. The van der Waals surface area contributed by atoms with Crippen LogP contribution in [0.3, 0.4) is 0 Å². The average Bonchev–Trinajstić information content (AvgIpc) is 2.92. The van der Waals surface area contributed by atoms with Gasteiger partial charge in [0.2, 0.25) is 6.10 Å². The van der Waals surface area contributed by atoms with Gasteiger partial charge in [0.15, 0.2) is 11.5 Å². The summed E-state index contributed by atoms with van der Waals surface area (Å²) in [5.74, 6) is 0.858. The van der Waals surface area contributed by atoms with Crippen LogP contribution in [0.2, 0.25) is 0 Å². The third-order valence-electron chi connectivity index (χ3n) is 4.31. The van der Waals surface area contributed by atoms with Crippen LogP contribution in [0.25, 0.3) is 0 Å². The van der Waals surface area contributed by atoms with E-state index in [1.807, 2.05) is 32.0 Å². The number of hydrogen-bond acceptors (Lipinski definition) is 5. The molecule has 1 aromatic heterocycles. The number of fused-ring (bicyclic) bond motifs is 1. The number of rotatable bonds is 6. The SMILES string of the molecule is COCCn1c(C)cc(/C=N/NC(=O)C2COc3ccccc3O2)c1C. The molecule has 7 nitrogen and oxygen atoms in total. The van der Waals surface area contributed by atoms with E-state index in [0.29, 0.717) is 18.1 Å². The molecule has 0 aliphatic carbocycles. The third-order valence-corrected chi connectivity index (χ3v) is 4.31. The van der Waals surface area contributed by atoms with Crippen molar-refractivity contribution in [1.82, 2.24) is 9.99 Å². The number of hydrazone groups is 1. The van der Waals surface area contributed by atoms with Crippen LogP contribution in [-0.2, 0) is 16.1 Å². The maximum absolute atomic E-state index is 12.2. The van der Waals surface area contributed by atoms with Gasteiger partial charge in [-0.05, 0) is 32.0 Å². The summed E-state index contributed by atoms with van der Waals surface area (Å²) in [6.45, 7) is 5.62. The first-order valence-electron chi connectivity index (χ1n) is 8.47. The number of ether oxygens (including phenoxy) is 3. The van der Waals surface area contributed by atoms with Crippen LogP contribution in [0.15, 0.2) is 35.4 Å². The van der Waals surface area contributed by atoms with Crippen LogP contribution in [0.1, 0.15) is 17.0 Å². The highest BCUT2D eigenvalue weighted by atomic mass is 16.6. The Balaban J connectivity index is 1.60. The normalized spacial score (nSPS) is 16.0. The number of para-hydroxylation sites is 2. The molecule has 1 aliphatic heterocycles. The van der Waals surface area contributed by atoms with Gasteiger partial charge in [-0.25, -0.2) is 5.43 Å². The van der Waals surface area contributed by atoms with E-state index in [1.165, 1.54) is 0 Å². The monoisotopic (exact) mass is 357 g/mol. The minimum atomic E-state index is -0.726. The first-order chi connectivity index (χ1) is 12.6. The van der Waals surface area contributed by atoms with Gasteiger partial charge in [-0.2, -0.15) is 5.10 Å². The number of benzene rings is 1. The fourth-order valence-electron chi connectivity index (χ4n) is 2.87. The third kappa shape index (κ3) is 3.88. The van der Waals surface area contributed by atoms with Crippen molar-refractivity contribution in [2.75, 3.05) is 20.3 Å². The summed E-state index contributed by atoms with van der Waals surface area (Å²) >= 11 is 0. The van der Waals surface area contributed by atoms with Gasteiger partial charge in [-0.15, -0.1) is 0 Å². The highest BCUT2D eigenvalue weighted by molar-refractivity contribution is 5.85. The molecule has 1 aliphatic rings. The van der Waals surface area contributed by atoms with Crippen molar-refractivity contribution in [1.29, 1.82) is 0 Å². The number of aryl methyl sites for hydroxylation is 1. The zero-order valence-electron chi connectivity index (χ0n) is 15.2. The molecule has 138 valence electrons. The minimum absolute atomic E-state index is 0.157. The van der Waals surface area contributed by atoms with Gasteiger partial charge >= 0.3 is 0 Å². The van der Waals surface area contributed by atoms with Gasteiger partial charge in [0.25, 0.3) is 5.91 Å². The lowest BCUT2D eigenvalue weighted by Gasteiger charge is -2.24. The fraction of sp³-hybridized carbons (Fsp3) is 0.368. The van der Waals surface area contributed by atoms with Crippen LogP contribution >= 0.6 is 0 Å². The molecular weight excluding hydrogens is 334 g/mol. The molecular formula is C19H23N3O4. The van der Waals surface area contributed by atoms with E-state index in [1.54, 1.807) is 25.5 Å². The van der Waals surface area contributed by atoms with E-state index in [9.17, 15) is 4.79 Å². The Morgan fingerprint density at radius 2 is 2.15 bits per heavy atom. The number of carbonyl (C=O) groups is 1. The summed E-state index contributed by atoms with van der Waals surface area (Å²) in [5, 5.41) is 4.06. The molecule has 1 amide bonds. The quantitative estimate of drug-likeness (QED) is 0.634. The fourth-order valence-corrected chi connectivity index (χ4v) is 2.87. The number of hydrogen-bond donors (Lipinski definition) is 1. The number of nitrogens with zero attached hydrogens (tertiary/aromatic N) is 2. The highest BCUT2D eigenvalue weighted by Crippen LogP contribution is 2.30. The summed E-state index contributed by atoms with van der Waals surface area (Å²) in [7, 11) is 1.68. The topological polar surface area (TPSA) is 74.1 Å². The summed E-state index contributed by atoms with van der Waals surface area (Å²) in [6.07, 6.45) is 0.914. The molecule has 0 spiro atoms. The van der Waals surface area contributed by atoms with Crippen LogP contribution in [0, 0.1) is 13.8 Å². The van der Waals surface area contributed by atoms with Crippen molar-refractivity contribution in [3.63, 3.8) is 0 Å². The molecule has 0 saturated carbocycles. The molecule has 2 heterocycles. The van der Waals surface area contributed by atoms with Crippen LogP contribution in [0.5, 0.6) is 11.5 Å². The summed E-state index contributed by atoms with van der Waals surface area (Å²) in [4.78, 5) is 12.2. The van der Waals surface area contributed by atoms with E-state index in [2.05, 4.69) is 15.1 Å². The first-order valence-corrected chi connectivity index (χ1v) is 8.47. The summed E-state index contributed by atoms with van der Waals surface area (Å²) in [5.41, 5.74) is 5.66. The standard InChI is InChI=1S/C19H23N3O4/c1-13-10-15(14(2)22(13)8-9-24-3)11-20-21-19(23)18-12-25-16-6-4-5-7-17(16)26-18/h4-7,10-11,18H,8-9,12H2,1-3H3,(H,21,23)/b20-11+. The van der Waals surface area contributed by atoms with Gasteiger partial charge in [0.05, 0.1) is 12.8 Å². The van der Waals surface area contributed by atoms with Crippen molar-refractivity contribution in [3.8, 4) is 11.5 Å². The van der Waals surface area contributed by atoms with Crippen molar-refractivity contribution >= 4 is 12.1 Å². The van der Waals surface area contributed by atoms with Crippen molar-refractivity contribution in [3.05, 3.63) is 47.3 Å². The molecule has 1 atom stereocenters. The molecule has 0 radical (unpaired) electrons. The van der Waals surface area contributed by atoms with Gasteiger partial charge in [0, 0.05) is 30.6 Å². The maximum atomic E-state index is 12.2. The number of carbonyl (C=O) groups excluding carboxylic acids is 1. The van der Waals surface area contributed by atoms with Crippen molar-refractivity contribution in [2.45, 2.75) is 26.5 Å². The minimum Gasteiger partial charge on any atom is -0.485 e. The summed E-state index contributed by atoms with van der Waals surface area (Å²) in [6, 6.07) is 9.29. The molecule has 26 heavy (non-hydrogen) atoms. The number of amides is 1. The highest BCUT2D eigenvalue weighted by Gasteiger charge is 2.27. The Hall–Kier alpha value is -2.80. The molecule has 1 aromatic carbocycles. The second kappa shape index (κ2) is 8.05. The Labute approximate surface area is 152 Å². The predicted octanol–water partition coefficient (Wildman–Crippen LogP) is 2.04. The molecule has 7 heteroatoms. The van der Waals surface area contributed by atoms with E-state index >= 15 is 0 Å². The predicted molar refractivity (Wildman–Crippen MR) is 97.9 cm³/mol. The molecule has 2 aromatic rings. The van der Waals surface area contributed by atoms with Crippen molar-refractivity contribution in [2.24, 2.45) is 5.10 Å². The number of nitrogens with one attached hydrogen (secondary N) is 1. The van der Waals surface area contributed by atoms with Crippen LogP contribution < -0.4 is 14.9 Å². The Kier molecular flexibility index (Phi) is 5.58.